The molecule has 0 radical (unpaired) electrons. The number of rotatable bonds is 5. The van der Waals surface area contributed by atoms with E-state index in [4.69, 9.17) is 16.3 Å². The second-order valence-corrected chi connectivity index (χ2v) is 5.83. The largest absolute Gasteiger partial charge is 0.491 e. The van der Waals surface area contributed by atoms with E-state index >= 15 is 0 Å². The molecule has 0 atom stereocenters. The lowest BCUT2D eigenvalue weighted by Crippen LogP contribution is -2.36. The van der Waals surface area contributed by atoms with Gasteiger partial charge in [0.05, 0.1) is 17.9 Å². The highest BCUT2D eigenvalue weighted by Crippen LogP contribution is 2.37. The van der Waals surface area contributed by atoms with E-state index in [1.54, 1.807) is 24.5 Å². The van der Waals surface area contributed by atoms with Crippen molar-refractivity contribution in [1.29, 1.82) is 0 Å². The van der Waals surface area contributed by atoms with Crippen LogP contribution in [0.3, 0.4) is 0 Å². The molecule has 4 nitrogen and oxygen atoms in total. The number of hydrogen-bond acceptors (Lipinski definition) is 3. The van der Waals surface area contributed by atoms with Gasteiger partial charge in [0.1, 0.15) is 5.75 Å². The van der Waals surface area contributed by atoms with Crippen LogP contribution in [0.2, 0.25) is 0 Å². The molecule has 0 spiro atoms. The van der Waals surface area contributed by atoms with Gasteiger partial charge in [-0.15, -0.1) is 11.6 Å². The number of nitrogens with zero attached hydrogens (tertiary/aromatic N) is 2. The minimum absolute atomic E-state index is 0.0348. The summed E-state index contributed by atoms with van der Waals surface area (Å²) in [6, 6.07) is 9.53. The maximum absolute atomic E-state index is 12.9. The predicted octanol–water partition coefficient (Wildman–Crippen LogP) is 3.68. The zero-order valence-corrected chi connectivity index (χ0v) is 13.6. The van der Waals surface area contributed by atoms with Crippen LogP contribution < -0.4 is 9.64 Å². The van der Waals surface area contributed by atoms with Crippen molar-refractivity contribution in [2.75, 3.05) is 23.9 Å². The summed E-state index contributed by atoms with van der Waals surface area (Å²) in [5.74, 6) is 1.28. The van der Waals surface area contributed by atoms with Crippen LogP contribution in [0.25, 0.3) is 0 Å². The first-order valence-corrected chi connectivity index (χ1v) is 8.37. The Morgan fingerprint density at radius 3 is 3.00 bits per heavy atom. The molecule has 3 rings (SSSR count). The summed E-state index contributed by atoms with van der Waals surface area (Å²) in [7, 11) is 0. The number of fused-ring (bicyclic) bond motifs is 1. The number of amides is 1. The van der Waals surface area contributed by atoms with Crippen molar-refractivity contribution < 1.29 is 9.53 Å². The zero-order chi connectivity index (χ0) is 16.1. The van der Waals surface area contributed by atoms with Crippen molar-refractivity contribution in [3.63, 3.8) is 0 Å². The standard InChI is InChI=1S/C18H19ClN2O2/c19-9-4-12-23-16-8-1-5-14-7-3-11-21(17(14)16)18(22)15-6-2-10-20-13-15/h1-2,5-6,8,10,13H,3-4,7,9,11-12H2. The van der Waals surface area contributed by atoms with Crippen LogP contribution in [0, 0.1) is 0 Å². The third-order valence-electron chi connectivity index (χ3n) is 3.87. The average molecular weight is 331 g/mol. The number of carbonyl (C=O) groups is 1. The van der Waals surface area contributed by atoms with Crippen molar-refractivity contribution in [1.82, 2.24) is 4.98 Å². The summed E-state index contributed by atoms with van der Waals surface area (Å²) in [5, 5.41) is 0. The summed E-state index contributed by atoms with van der Waals surface area (Å²) >= 11 is 5.72. The first-order chi connectivity index (χ1) is 11.3. The molecule has 1 aliphatic heterocycles. The highest BCUT2D eigenvalue weighted by atomic mass is 35.5. The van der Waals surface area contributed by atoms with Gasteiger partial charge in [-0.1, -0.05) is 12.1 Å². The van der Waals surface area contributed by atoms with Gasteiger partial charge in [-0.2, -0.15) is 0 Å². The first-order valence-electron chi connectivity index (χ1n) is 7.84. The molecule has 0 fully saturated rings. The molecule has 0 aliphatic carbocycles. The first kappa shape index (κ1) is 15.8. The lowest BCUT2D eigenvalue weighted by Gasteiger charge is -2.31. The number of hydrogen-bond donors (Lipinski definition) is 0. The fourth-order valence-corrected chi connectivity index (χ4v) is 2.93. The lowest BCUT2D eigenvalue weighted by molar-refractivity contribution is 0.0983. The van der Waals surface area contributed by atoms with E-state index in [1.165, 1.54) is 0 Å². The zero-order valence-electron chi connectivity index (χ0n) is 12.9. The highest BCUT2D eigenvalue weighted by molar-refractivity contribution is 6.17. The van der Waals surface area contributed by atoms with Crippen molar-refractivity contribution >= 4 is 23.2 Å². The number of benzene rings is 1. The van der Waals surface area contributed by atoms with Crippen molar-refractivity contribution in [2.45, 2.75) is 19.3 Å². The Balaban J connectivity index is 1.92. The third kappa shape index (κ3) is 3.48. The molecule has 2 aromatic rings. The summed E-state index contributed by atoms with van der Waals surface area (Å²) in [6.07, 6.45) is 5.96. The SMILES string of the molecule is O=C(c1cccnc1)N1CCCc2cccc(OCCCCl)c21. The van der Waals surface area contributed by atoms with Crippen LogP contribution in [0.4, 0.5) is 5.69 Å². The van der Waals surface area contributed by atoms with Crippen LogP contribution in [0.5, 0.6) is 5.75 Å². The maximum Gasteiger partial charge on any atom is 0.259 e. The normalized spacial score (nSPS) is 13.5. The molecule has 1 amide bonds. The number of halogens is 1. The molecular formula is C18H19ClN2O2. The fourth-order valence-electron chi connectivity index (χ4n) is 2.82. The third-order valence-corrected chi connectivity index (χ3v) is 4.14. The second-order valence-electron chi connectivity index (χ2n) is 5.46. The van der Waals surface area contributed by atoms with Gasteiger partial charge in [-0.05, 0) is 43.0 Å². The van der Waals surface area contributed by atoms with Gasteiger partial charge in [-0.3, -0.25) is 9.78 Å². The van der Waals surface area contributed by atoms with E-state index < -0.39 is 0 Å². The van der Waals surface area contributed by atoms with Crippen LogP contribution in [0.1, 0.15) is 28.8 Å². The molecule has 120 valence electrons. The van der Waals surface area contributed by atoms with Crippen LogP contribution in [-0.2, 0) is 6.42 Å². The lowest BCUT2D eigenvalue weighted by atomic mass is 10.00. The van der Waals surface area contributed by atoms with Crippen LogP contribution in [-0.4, -0.2) is 29.9 Å². The highest BCUT2D eigenvalue weighted by Gasteiger charge is 2.26. The molecule has 1 aliphatic rings. The van der Waals surface area contributed by atoms with Crippen molar-refractivity contribution in [3.8, 4) is 5.75 Å². The Morgan fingerprint density at radius 2 is 2.22 bits per heavy atom. The van der Waals surface area contributed by atoms with Crippen molar-refractivity contribution in [3.05, 3.63) is 53.9 Å². The minimum atomic E-state index is -0.0348. The van der Waals surface area contributed by atoms with Gasteiger partial charge in [0.15, 0.2) is 0 Å². The Morgan fingerprint density at radius 1 is 1.30 bits per heavy atom. The Labute approximate surface area is 141 Å². The summed E-state index contributed by atoms with van der Waals surface area (Å²) < 4.78 is 5.87. The number of alkyl halides is 1. The molecule has 0 saturated carbocycles. The molecule has 0 N–H and O–H groups in total. The van der Waals surface area contributed by atoms with Crippen LogP contribution in [0.15, 0.2) is 42.7 Å². The molecule has 0 unspecified atom stereocenters. The molecule has 1 aromatic heterocycles. The summed E-state index contributed by atoms with van der Waals surface area (Å²) in [4.78, 5) is 18.7. The molecule has 0 saturated heterocycles. The quantitative estimate of drug-likeness (QED) is 0.620. The van der Waals surface area contributed by atoms with Gasteiger partial charge in [-0.25, -0.2) is 0 Å². The van der Waals surface area contributed by atoms with Gasteiger partial charge >= 0.3 is 0 Å². The Hall–Kier alpha value is -2.07. The number of pyridine rings is 1. The summed E-state index contributed by atoms with van der Waals surface area (Å²) in [5.41, 5.74) is 2.63. The topological polar surface area (TPSA) is 42.4 Å². The van der Waals surface area contributed by atoms with E-state index in [2.05, 4.69) is 11.1 Å². The number of aryl methyl sites for hydroxylation is 1. The van der Waals surface area contributed by atoms with E-state index in [0.717, 1.165) is 36.3 Å². The second kappa shape index (κ2) is 7.47. The predicted molar refractivity (Wildman–Crippen MR) is 91.5 cm³/mol. The van der Waals surface area contributed by atoms with Gasteiger partial charge in [0.2, 0.25) is 0 Å². The van der Waals surface area contributed by atoms with Crippen molar-refractivity contribution in [2.24, 2.45) is 0 Å². The smallest absolute Gasteiger partial charge is 0.259 e. The molecule has 0 bridgehead atoms. The van der Waals surface area contributed by atoms with E-state index in [0.29, 0.717) is 24.6 Å². The number of aromatic nitrogens is 1. The van der Waals surface area contributed by atoms with Gasteiger partial charge in [0.25, 0.3) is 5.91 Å². The number of anilines is 1. The number of para-hydroxylation sites is 1. The number of ether oxygens (including phenoxy) is 1. The fraction of sp³-hybridized carbons (Fsp3) is 0.333. The summed E-state index contributed by atoms with van der Waals surface area (Å²) in [6.45, 7) is 1.24. The molecule has 5 heteroatoms. The van der Waals surface area contributed by atoms with Gasteiger partial charge < -0.3 is 9.64 Å². The average Bonchev–Trinajstić information content (AvgIpc) is 2.61. The maximum atomic E-state index is 12.9. The number of carbonyl (C=O) groups excluding carboxylic acids is 1. The van der Waals surface area contributed by atoms with Gasteiger partial charge in [0, 0.05) is 24.8 Å². The minimum Gasteiger partial charge on any atom is -0.491 e. The van der Waals surface area contributed by atoms with E-state index in [9.17, 15) is 4.79 Å². The molecular weight excluding hydrogens is 312 g/mol. The Bertz CT molecular complexity index is 676. The Kier molecular flexibility index (Phi) is 5.13. The monoisotopic (exact) mass is 330 g/mol. The van der Waals surface area contributed by atoms with E-state index in [1.807, 2.05) is 17.0 Å². The molecule has 2 heterocycles. The molecule has 1 aromatic carbocycles. The van der Waals surface area contributed by atoms with Crippen LogP contribution >= 0.6 is 11.6 Å². The molecule has 23 heavy (non-hydrogen) atoms. The van der Waals surface area contributed by atoms with E-state index in [-0.39, 0.29) is 5.91 Å².